The molecule has 13 heavy (non-hydrogen) atoms. The van der Waals surface area contributed by atoms with Gasteiger partial charge in [-0.1, -0.05) is 6.92 Å². The summed E-state index contributed by atoms with van der Waals surface area (Å²) < 4.78 is 1.49. The minimum absolute atomic E-state index is 0.120. The molecule has 0 aliphatic heterocycles. The van der Waals surface area contributed by atoms with Crippen LogP contribution in [0.15, 0.2) is 18.5 Å². The van der Waals surface area contributed by atoms with Crippen molar-refractivity contribution in [1.29, 1.82) is 0 Å². The molecule has 0 amide bonds. The maximum atomic E-state index is 10.5. The van der Waals surface area contributed by atoms with Crippen molar-refractivity contribution in [3.8, 4) is 0 Å². The summed E-state index contributed by atoms with van der Waals surface area (Å²) in [5.74, 6) is -0.917. The van der Waals surface area contributed by atoms with Crippen molar-refractivity contribution in [1.82, 2.24) is 9.78 Å². The highest BCUT2D eigenvalue weighted by Crippen LogP contribution is 2.16. The van der Waals surface area contributed by atoms with Gasteiger partial charge >= 0.3 is 5.97 Å². The first-order valence-electron chi connectivity index (χ1n) is 4.09. The predicted molar refractivity (Wildman–Crippen MR) is 46.9 cm³/mol. The van der Waals surface area contributed by atoms with Crippen molar-refractivity contribution in [2.45, 2.75) is 25.4 Å². The Labute approximate surface area is 76.2 Å². The average Bonchev–Trinajstić information content (AvgIpc) is 2.55. The van der Waals surface area contributed by atoms with Gasteiger partial charge in [-0.05, 0) is 12.5 Å². The van der Waals surface area contributed by atoms with E-state index in [4.69, 9.17) is 10.8 Å². The van der Waals surface area contributed by atoms with Crippen LogP contribution in [0.4, 0.5) is 0 Å². The van der Waals surface area contributed by atoms with Gasteiger partial charge in [0.1, 0.15) is 5.66 Å². The normalized spacial score (nSPS) is 15.2. The monoisotopic (exact) mass is 183 g/mol. The van der Waals surface area contributed by atoms with Gasteiger partial charge in [-0.15, -0.1) is 0 Å². The van der Waals surface area contributed by atoms with Gasteiger partial charge in [0.25, 0.3) is 0 Å². The summed E-state index contributed by atoms with van der Waals surface area (Å²) in [5.41, 5.74) is 4.98. The molecule has 1 atom stereocenters. The van der Waals surface area contributed by atoms with Crippen molar-refractivity contribution < 1.29 is 9.90 Å². The predicted octanol–water partition coefficient (Wildman–Crippen LogP) is 0.379. The third kappa shape index (κ3) is 2.06. The number of nitrogens with zero attached hydrogens (tertiary/aromatic N) is 2. The van der Waals surface area contributed by atoms with Crippen LogP contribution in [0.3, 0.4) is 0 Å². The smallest absolute Gasteiger partial charge is 0.307 e. The lowest BCUT2D eigenvalue weighted by Gasteiger charge is -2.26. The van der Waals surface area contributed by atoms with E-state index in [0.29, 0.717) is 6.42 Å². The number of rotatable bonds is 4. The van der Waals surface area contributed by atoms with Crippen LogP contribution < -0.4 is 5.73 Å². The van der Waals surface area contributed by atoms with Crippen LogP contribution in [-0.4, -0.2) is 20.9 Å². The Bertz CT molecular complexity index is 284. The Hall–Kier alpha value is -1.36. The van der Waals surface area contributed by atoms with Crippen LogP contribution >= 0.6 is 0 Å². The first kappa shape index (κ1) is 9.73. The summed E-state index contributed by atoms with van der Waals surface area (Å²) in [4.78, 5) is 10.5. The molecule has 5 nitrogen and oxygen atoms in total. The minimum Gasteiger partial charge on any atom is -0.481 e. The third-order valence-electron chi connectivity index (χ3n) is 2.03. The number of hydrogen-bond donors (Lipinski definition) is 2. The summed E-state index contributed by atoms with van der Waals surface area (Å²) in [6, 6.07) is 1.72. The van der Waals surface area contributed by atoms with Gasteiger partial charge in [0.05, 0.1) is 6.42 Å². The van der Waals surface area contributed by atoms with Gasteiger partial charge in [0.2, 0.25) is 0 Å². The zero-order valence-corrected chi connectivity index (χ0v) is 7.47. The van der Waals surface area contributed by atoms with Crippen LogP contribution in [0, 0.1) is 0 Å². The molecule has 0 aliphatic rings. The maximum absolute atomic E-state index is 10.5. The van der Waals surface area contributed by atoms with E-state index in [9.17, 15) is 4.79 Å². The van der Waals surface area contributed by atoms with Crippen molar-refractivity contribution >= 4 is 5.97 Å². The SMILES string of the molecule is CCC(N)(CC(=O)O)n1cccn1. The summed E-state index contributed by atoms with van der Waals surface area (Å²) >= 11 is 0. The topological polar surface area (TPSA) is 81.1 Å². The first-order chi connectivity index (χ1) is 6.08. The standard InChI is InChI=1S/C8H13N3O2/c1-2-8(9,6-7(12)13)11-5-3-4-10-11/h3-5H,2,6,9H2,1H3,(H,12,13). The van der Waals surface area contributed by atoms with E-state index < -0.39 is 11.6 Å². The number of carbonyl (C=O) groups is 1. The molecule has 1 aromatic heterocycles. The van der Waals surface area contributed by atoms with E-state index in [1.54, 1.807) is 18.5 Å². The Balaban J connectivity index is 2.87. The van der Waals surface area contributed by atoms with Crippen LogP contribution in [-0.2, 0) is 10.5 Å². The zero-order valence-electron chi connectivity index (χ0n) is 7.47. The quantitative estimate of drug-likeness (QED) is 0.707. The van der Waals surface area contributed by atoms with E-state index in [1.807, 2.05) is 6.92 Å². The van der Waals surface area contributed by atoms with E-state index in [-0.39, 0.29) is 6.42 Å². The Kier molecular flexibility index (Phi) is 2.67. The molecule has 1 heterocycles. The van der Waals surface area contributed by atoms with Crippen LogP contribution in [0.25, 0.3) is 0 Å². The van der Waals surface area contributed by atoms with Gasteiger partial charge in [0, 0.05) is 12.4 Å². The van der Waals surface area contributed by atoms with E-state index in [1.165, 1.54) is 4.68 Å². The lowest BCUT2D eigenvalue weighted by atomic mass is 10.0. The lowest BCUT2D eigenvalue weighted by molar-refractivity contribution is -0.139. The third-order valence-corrected chi connectivity index (χ3v) is 2.03. The zero-order chi connectivity index (χ0) is 9.90. The highest BCUT2D eigenvalue weighted by Gasteiger charge is 2.28. The number of aromatic nitrogens is 2. The largest absolute Gasteiger partial charge is 0.481 e. The Morgan fingerprint density at radius 1 is 1.77 bits per heavy atom. The van der Waals surface area contributed by atoms with Crippen molar-refractivity contribution in [3.63, 3.8) is 0 Å². The summed E-state index contributed by atoms with van der Waals surface area (Å²) in [7, 11) is 0. The molecule has 0 radical (unpaired) electrons. The van der Waals surface area contributed by atoms with E-state index in [0.717, 1.165) is 0 Å². The minimum atomic E-state index is -0.917. The highest BCUT2D eigenvalue weighted by molar-refractivity contribution is 5.67. The average molecular weight is 183 g/mol. The summed E-state index contributed by atoms with van der Waals surface area (Å²) in [6.07, 6.45) is 3.66. The van der Waals surface area contributed by atoms with E-state index in [2.05, 4.69) is 5.10 Å². The number of carboxylic acids is 1. The van der Waals surface area contributed by atoms with E-state index >= 15 is 0 Å². The summed E-state index contributed by atoms with van der Waals surface area (Å²) in [6.45, 7) is 1.84. The Morgan fingerprint density at radius 2 is 2.46 bits per heavy atom. The fraction of sp³-hybridized carbons (Fsp3) is 0.500. The molecule has 5 heteroatoms. The van der Waals surface area contributed by atoms with Gasteiger partial charge < -0.3 is 10.8 Å². The number of nitrogens with two attached hydrogens (primary N) is 1. The molecule has 0 fully saturated rings. The van der Waals surface area contributed by atoms with Crippen molar-refractivity contribution in [2.75, 3.05) is 0 Å². The molecular formula is C8H13N3O2. The molecule has 0 spiro atoms. The van der Waals surface area contributed by atoms with Crippen LogP contribution in [0.2, 0.25) is 0 Å². The van der Waals surface area contributed by atoms with Crippen LogP contribution in [0.5, 0.6) is 0 Å². The van der Waals surface area contributed by atoms with Gasteiger partial charge in [0.15, 0.2) is 0 Å². The molecule has 0 saturated heterocycles. The second-order valence-electron chi connectivity index (χ2n) is 2.98. The van der Waals surface area contributed by atoms with Gasteiger partial charge in [-0.25, -0.2) is 0 Å². The number of aliphatic carboxylic acids is 1. The Morgan fingerprint density at radius 3 is 2.85 bits per heavy atom. The maximum Gasteiger partial charge on any atom is 0.307 e. The number of hydrogen-bond acceptors (Lipinski definition) is 3. The molecule has 72 valence electrons. The van der Waals surface area contributed by atoms with Crippen LogP contribution in [0.1, 0.15) is 19.8 Å². The summed E-state index contributed by atoms with van der Waals surface area (Å²) in [5, 5.41) is 12.6. The van der Waals surface area contributed by atoms with Crippen molar-refractivity contribution in [2.24, 2.45) is 5.73 Å². The molecular weight excluding hydrogens is 170 g/mol. The molecule has 1 aromatic rings. The molecule has 3 N–H and O–H groups in total. The molecule has 1 unspecified atom stereocenters. The molecule has 1 rings (SSSR count). The highest BCUT2D eigenvalue weighted by atomic mass is 16.4. The second-order valence-corrected chi connectivity index (χ2v) is 2.98. The molecule has 0 bridgehead atoms. The fourth-order valence-corrected chi connectivity index (χ4v) is 1.16. The fourth-order valence-electron chi connectivity index (χ4n) is 1.16. The van der Waals surface area contributed by atoms with Crippen molar-refractivity contribution in [3.05, 3.63) is 18.5 Å². The first-order valence-corrected chi connectivity index (χ1v) is 4.09. The van der Waals surface area contributed by atoms with Gasteiger partial charge in [-0.3, -0.25) is 9.48 Å². The molecule has 0 aliphatic carbocycles. The lowest BCUT2D eigenvalue weighted by Crippen LogP contribution is -2.44. The van der Waals surface area contributed by atoms with Gasteiger partial charge in [-0.2, -0.15) is 5.10 Å². The number of carboxylic acid groups (broad SMARTS) is 1. The molecule has 0 aromatic carbocycles. The second kappa shape index (κ2) is 3.57. The molecule has 0 saturated carbocycles.